The number of hydrogen-bond acceptors (Lipinski definition) is 2. The summed E-state index contributed by atoms with van der Waals surface area (Å²) in [6.07, 6.45) is -3.21. The maximum absolute atomic E-state index is 12.6. The van der Waals surface area contributed by atoms with Crippen LogP contribution in [-0.4, -0.2) is 16.3 Å². The minimum Gasteiger partial charge on any atom is -0.310 e. The SMILES string of the molecule is CCNC(C)c1ccc(-n2ccc(C(F)(F)F)n2)c(Cl)c1. The first-order valence-electron chi connectivity index (χ1n) is 6.49. The molecular weight excluding hydrogens is 303 g/mol. The molecule has 114 valence electrons. The summed E-state index contributed by atoms with van der Waals surface area (Å²) in [7, 11) is 0. The summed E-state index contributed by atoms with van der Waals surface area (Å²) in [5.41, 5.74) is 0.442. The fourth-order valence-corrected chi connectivity index (χ4v) is 2.29. The number of benzene rings is 1. The lowest BCUT2D eigenvalue weighted by Gasteiger charge is -2.14. The number of rotatable bonds is 4. The number of nitrogens with one attached hydrogen (secondary N) is 1. The van der Waals surface area contributed by atoms with E-state index < -0.39 is 11.9 Å². The summed E-state index contributed by atoms with van der Waals surface area (Å²) in [6, 6.07) is 6.26. The largest absolute Gasteiger partial charge is 0.435 e. The van der Waals surface area contributed by atoms with Crippen LogP contribution < -0.4 is 5.32 Å². The van der Waals surface area contributed by atoms with Gasteiger partial charge in [-0.2, -0.15) is 18.3 Å². The van der Waals surface area contributed by atoms with E-state index in [9.17, 15) is 13.2 Å². The van der Waals surface area contributed by atoms with Crippen molar-refractivity contribution in [2.45, 2.75) is 26.1 Å². The van der Waals surface area contributed by atoms with Crippen molar-refractivity contribution in [2.75, 3.05) is 6.54 Å². The highest BCUT2D eigenvalue weighted by Crippen LogP contribution is 2.29. The summed E-state index contributed by atoms with van der Waals surface area (Å²) in [6.45, 7) is 4.80. The van der Waals surface area contributed by atoms with Gasteiger partial charge in [0.2, 0.25) is 0 Å². The van der Waals surface area contributed by atoms with Crippen LogP contribution in [0, 0.1) is 0 Å². The second kappa shape index (κ2) is 6.07. The van der Waals surface area contributed by atoms with E-state index in [0.717, 1.165) is 22.9 Å². The molecule has 1 aromatic carbocycles. The van der Waals surface area contributed by atoms with Crippen LogP contribution in [0.4, 0.5) is 13.2 Å². The molecule has 0 radical (unpaired) electrons. The molecule has 0 saturated carbocycles. The third-order valence-electron chi connectivity index (χ3n) is 3.11. The van der Waals surface area contributed by atoms with Crippen molar-refractivity contribution in [3.05, 3.63) is 46.7 Å². The molecule has 2 aromatic rings. The number of nitrogens with zero attached hydrogens (tertiary/aromatic N) is 2. The van der Waals surface area contributed by atoms with Gasteiger partial charge in [-0.15, -0.1) is 0 Å². The minimum atomic E-state index is -4.46. The third kappa shape index (κ3) is 3.57. The second-order valence-corrected chi connectivity index (χ2v) is 5.04. The lowest BCUT2D eigenvalue weighted by Crippen LogP contribution is -2.17. The van der Waals surface area contributed by atoms with Gasteiger partial charge in [-0.1, -0.05) is 24.6 Å². The maximum Gasteiger partial charge on any atom is 0.435 e. The summed E-state index contributed by atoms with van der Waals surface area (Å²) in [5, 5.41) is 7.11. The Labute approximate surface area is 125 Å². The quantitative estimate of drug-likeness (QED) is 0.915. The van der Waals surface area contributed by atoms with Crippen LogP contribution in [0.2, 0.25) is 5.02 Å². The van der Waals surface area contributed by atoms with Gasteiger partial charge in [-0.3, -0.25) is 0 Å². The van der Waals surface area contributed by atoms with Gasteiger partial charge >= 0.3 is 6.18 Å². The Bertz CT molecular complexity index is 622. The van der Waals surface area contributed by atoms with Crippen molar-refractivity contribution in [1.29, 1.82) is 0 Å². The number of aromatic nitrogens is 2. The predicted molar refractivity (Wildman–Crippen MR) is 75.7 cm³/mol. The Morgan fingerprint density at radius 3 is 2.57 bits per heavy atom. The van der Waals surface area contributed by atoms with Gasteiger partial charge in [-0.05, 0) is 37.2 Å². The van der Waals surface area contributed by atoms with Gasteiger partial charge in [-0.25, -0.2) is 4.68 Å². The first kappa shape index (κ1) is 15.9. The Kier molecular flexibility index (Phi) is 4.58. The molecule has 1 aromatic heterocycles. The van der Waals surface area contributed by atoms with Crippen molar-refractivity contribution in [1.82, 2.24) is 15.1 Å². The van der Waals surface area contributed by atoms with E-state index in [1.54, 1.807) is 12.1 Å². The van der Waals surface area contributed by atoms with Crippen LogP contribution in [-0.2, 0) is 6.18 Å². The van der Waals surface area contributed by atoms with Crippen LogP contribution in [0.25, 0.3) is 5.69 Å². The van der Waals surface area contributed by atoms with E-state index in [1.165, 1.54) is 6.20 Å². The zero-order chi connectivity index (χ0) is 15.6. The zero-order valence-electron chi connectivity index (χ0n) is 11.6. The Balaban J connectivity index is 2.31. The van der Waals surface area contributed by atoms with Gasteiger partial charge in [0.1, 0.15) is 0 Å². The molecule has 1 atom stereocenters. The van der Waals surface area contributed by atoms with Gasteiger partial charge < -0.3 is 5.32 Å². The van der Waals surface area contributed by atoms with Crippen LogP contribution in [0.5, 0.6) is 0 Å². The molecule has 0 aliphatic carbocycles. The molecule has 0 amide bonds. The molecule has 0 fully saturated rings. The summed E-state index contributed by atoms with van der Waals surface area (Å²) in [4.78, 5) is 0. The van der Waals surface area contributed by atoms with Crippen LogP contribution >= 0.6 is 11.6 Å². The average Bonchev–Trinajstić information content (AvgIpc) is 2.88. The summed E-state index contributed by atoms with van der Waals surface area (Å²) < 4.78 is 38.8. The molecular formula is C14H15ClF3N3. The van der Waals surface area contributed by atoms with Crippen molar-refractivity contribution in [2.24, 2.45) is 0 Å². The Morgan fingerprint density at radius 1 is 1.33 bits per heavy atom. The van der Waals surface area contributed by atoms with E-state index in [1.807, 2.05) is 19.9 Å². The highest BCUT2D eigenvalue weighted by molar-refractivity contribution is 6.32. The highest BCUT2D eigenvalue weighted by atomic mass is 35.5. The third-order valence-corrected chi connectivity index (χ3v) is 3.41. The summed E-state index contributed by atoms with van der Waals surface area (Å²) >= 11 is 6.16. The fourth-order valence-electron chi connectivity index (χ4n) is 2.01. The van der Waals surface area contributed by atoms with Crippen LogP contribution in [0.15, 0.2) is 30.5 Å². The lowest BCUT2D eigenvalue weighted by molar-refractivity contribution is -0.141. The van der Waals surface area contributed by atoms with Gasteiger partial charge in [0.15, 0.2) is 5.69 Å². The zero-order valence-corrected chi connectivity index (χ0v) is 12.3. The standard InChI is InChI=1S/C14H15ClF3N3/c1-3-19-9(2)10-4-5-12(11(15)8-10)21-7-6-13(20-21)14(16,17)18/h4-9,19H,3H2,1-2H3. The van der Waals surface area contributed by atoms with E-state index in [-0.39, 0.29) is 6.04 Å². The van der Waals surface area contributed by atoms with Crippen LogP contribution in [0.1, 0.15) is 31.1 Å². The first-order valence-corrected chi connectivity index (χ1v) is 6.86. The van der Waals surface area contributed by atoms with Gasteiger partial charge in [0.25, 0.3) is 0 Å². The Morgan fingerprint density at radius 2 is 2.05 bits per heavy atom. The van der Waals surface area contributed by atoms with Gasteiger partial charge in [0.05, 0.1) is 10.7 Å². The molecule has 1 N–H and O–H groups in total. The lowest BCUT2D eigenvalue weighted by atomic mass is 10.1. The topological polar surface area (TPSA) is 29.9 Å². The maximum atomic E-state index is 12.6. The minimum absolute atomic E-state index is 0.116. The average molecular weight is 318 g/mol. The van der Waals surface area contributed by atoms with Crippen molar-refractivity contribution in [3.63, 3.8) is 0 Å². The van der Waals surface area contributed by atoms with E-state index in [2.05, 4.69) is 10.4 Å². The monoisotopic (exact) mass is 317 g/mol. The smallest absolute Gasteiger partial charge is 0.310 e. The van der Waals surface area contributed by atoms with E-state index in [0.29, 0.717) is 10.7 Å². The molecule has 1 heterocycles. The highest BCUT2D eigenvalue weighted by Gasteiger charge is 2.33. The molecule has 0 spiro atoms. The number of halogens is 4. The predicted octanol–water partition coefficient (Wildman–Crippen LogP) is 4.22. The van der Waals surface area contributed by atoms with E-state index in [4.69, 9.17) is 11.6 Å². The molecule has 0 bridgehead atoms. The van der Waals surface area contributed by atoms with Crippen molar-refractivity contribution in [3.8, 4) is 5.69 Å². The van der Waals surface area contributed by atoms with Crippen molar-refractivity contribution < 1.29 is 13.2 Å². The first-order chi connectivity index (χ1) is 9.82. The normalized spacial score (nSPS) is 13.4. The van der Waals surface area contributed by atoms with Crippen LogP contribution in [0.3, 0.4) is 0 Å². The molecule has 7 heteroatoms. The fraction of sp³-hybridized carbons (Fsp3) is 0.357. The molecule has 0 saturated heterocycles. The molecule has 1 unspecified atom stereocenters. The molecule has 0 aliphatic heterocycles. The summed E-state index contributed by atoms with van der Waals surface area (Å²) in [5.74, 6) is 0. The number of alkyl halides is 3. The van der Waals surface area contributed by atoms with Gasteiger partial charge in [0, 0.05) is 12.2 Å². The Hall–Kier alpha value is -1.53. The van der Waals surface area contributed by atoms with E-state index >= 15 is 0 Å². The molecule has 2 rings (SSSR count). The molecule has 21 heavy (non-hydrogen) atoms. The molecule has 3 nitrogen and oxygen atoms in total. The van der Waals surface area contributed by atoms with Crippen molar-refractivity contribution >= 4 is 11.6 Å². The second-order valence-electron chi connectivity index (χ2n) is 4.63. The molecule has 0 aliphatic rings. The number of hydrogen-bond donors (Lipinski definition) is 1.